The van der Waals surface area contributed by atoms with Crippen molar-refractivity contribution < 1.29 is 9.47 Å². The lowest BCUT2D eigenvalue weighted by molar-refractivity contribution is -0.0684. The predicted octanol–water partition coefficient (Wildman–Crippen LogP) is 0.742. The maximum Gasteiger partial charge on any atom is 0.0935 e. The molecule has 0 amide bonds. The summed E-state index contributed by atoms with van der Waals surface area (Å²) in [4.78, 5) is 2.42. The van der Waals surface area contributed by atoms with E-state index in [1.54, 1.807) is 7.11 Å². The van der Waals surface area contributed by atoms with Gasteiger partial charge in [0.2, 0.25) is 0 Å². The molecule has 3 nitrogen and oxygen atoms in total. The van der Waals surface area contributed by atoms with E-state index in [4.69, 9.17) is 9.47 Å². The molecule has 1 saturated heterocycles. The van der Waals surface area contributed by atoms with Gasteiger partial charge in [-0.15, -0.1) is 0 Å². The van der Waals surface area contributed by atoms with E-state index in [-0.39, 0.29) is 6.10 Å². The van der Waals surface area contributed by atoms with Gasteiger partial charge in [-0.05, 0) is 13.8 Å². The minimum absolute atomic E-state index is 0.270. The number of morpholine rings is 1. The van der Waals surface area contributed by atoms with Crippen molar-refractivity contribution in [2.45, 2.75) is 26.0 Å². The summed E-state index contributed by atoms with van der Waals surface area (Å²) in [6.45, 7) is 8.04. The van der Waals surface area contributed by atoms with Crippen molar-refractivity contribution in [3.05, 3.63) is 0 Å². The SMILES string of the molecule is COC[C@H]1CN(C(C)C)CCO1. The molecule has 0 N–H and O–H groups in total. The Kier molecular flexibility index (Phi) is 3.98. The highest BCUT2D eigenvalue weighted by molar-refractivity contribution is 4.73. The van der Waals surface area contributed by atoms with Gasteiger partial charge in [0, 0.05) is 26.2 Å². The smallest absolute Gasteiger partial charge is 0.0935 e. The molecule has 1 aliphatic rings. The lowest BCUT2D eigenvalue weighted by atomic mass is 10.2. The fourth-order valence-corrected chi connectivity index (χ4v) is 1.50. The van der Waals surface area contributed by atoms with Crippen LogP contribution in [0, 0.1) is 0 Å². The van der Waals surface area contributed by atoms with Gasteiger partial charge in [-0.2, -0.15) is 0 Å². The molecule has 0 bridgehead atoms. The molecule has 12 heavy (non-hydrogen) atoms. The summed E-state index contributed by atoms with van der Waals surface area (Å²) in [7, 11) is 1.72. The van der Waals surface area contributed by atoms with Gasteiger partial charge in [0.1, 0.15) is 0 Å². The fraction of sp³-hybridized carbons (Fsp3) is 1.00. The number of methoxy groups -OCH3 is 1. The first-order valence-corrected chi connectivity index (χ1v) is 4.58. The van der Waals surface area contributed by atoms with Crippen LogP contribution in [0.1, 0.15) is 13.8 Å². The monoisotopic (exact) mass is 173 g/mol. The quantitative estimate of drug-likeness (QED) is 0.628. The highest BCUT2D eigenvalue weighted by atomic mass is 16.5. The summed E-state index contributed by atoms with van der Waals surface area (Å²) in [6.07, 6.45) is 0.270. The van der Waals surface area contributed by atoms with Crippen LogP contribution in [0.4, 0.5) is 0 Å². The summed E-state index contributed by atoms with van der Waals surface area (Å²) in [5.41, 5.74) is 0. The topological polar surface area (TPSA) is 21.7 Å². The van der Waals surface area contributed by atoms with E-state index in [1.807, 2.05) is 0 Å². The first-order chi connectivity index (χ1) is 5.74. The second-order valence-electron chi connectivity index (χ2n) is 3.54. The maximum atomic E-state index is 5.53. The molecule has 1 rings (SSSR count). The number of rotatable bonds is 3. The van der Waals surface area contributed by atoms with Gasteiger partial charge in [0.25, 0.3) is 0 Å². The molecule has 0 aliphatic carbocycles. The van der Waals surface area contributed by atoms with E-state index in [1.165, 1.54) is 0 Å². The average Bonchev–Trinajstić information content (AvgIpc) is 2.05. The second kappa shape index (κ2) is 4.80. The molecule has 0 saturated carbocycles. The van der Waals surface area contributed by atoms with Gasteiger partial charge in [-0.25, -0.2) is 0 Å². The highest BCUT2D eigenvalue weighted by Gasteiger charge is 2.21. The van der Waals surface area contributed by atoms with Crippen LogP contribution < -0.4 is 0 Å². The molecule has 0 radical (unpaired) electrons. The van der Waals surface area contributed by atoms with E-state index in [0.717, 1.165) is 19.7 Å². The van der Waals surface area contributed by atoms with Crippen LogP contribution in [0.15, 0.2) is 0 Å². The Morgan fingerprint density at radius 3 is 2.92 bits per heavy atom. The third-order valence-corrected chi connectivity index (χ3v) is 2.25. The standard InChI is InChI=1S/C9H19NO2/c1-8(2)10-4-5-12-9(6-10)7-11-3/h8-9H,4-7H2,1-3H3/t9-/m1/s1. The number of hydrogen-bond acceptors (Lipinski definition) is 3. The zero-order valence-corrected chi connectivity index (χ0v) is 8.25. The molecule has 0 spiro atoms. The Labute approximate surface area is 74.6 Å². The van der Waals surface area contributed by atoms with Crippen molar-refractivity contribution >= 4 is 0 Å². The molecule has 1 fully saturated rings. The second-order valence-corrected chi connectivity index (χ2v) is 3.54. The molecule has 1 aliphatic heterocycles. The molecule has 0 aromatic rings. The Bertz CT molecular complexity index is 126. The molecule has 1 heterocycles. The van der Waals surface area contributed by atoms with Crippen molar-refractivity contribution in [3.8, 4) is 0 Å². The van der Waals surface area contributed by atoms with Crippen LogP contribution in [0.5, 0.6) is 0 Å². The largest absolute Gasteiger partial charge is 0.382 e. The van der Waals surface area contributed by atoms with Crippen molar-refractivity contribution in [2.24, 2.45) is 0 Å². The highest BCUT2D eigenvalue weighted by Crippen LogP contribution is 2.08. The first kappa shape index (κ1) is 9.96. The van der Waals surface area contributed by atoms with E-state index >= 15 is 0 Å². The summed E-state index contributed by atoms with van der Waals surface area (Å²) < 4.78 is 10.6. The normalized spacial score (nSPS) is 26.5. The maximum absolute atomic E-state index is 5.53. The van der Waals surface area contributed by atoms with Gasteiger partial charge >= 0.3 is 0 Å². The Hall–Kier alpha value is -0.120. The van der Waals surface area contributed by atoms with Crippen LogP contribution in [-0.4, -0.2) is 50.5 Å². The predicted molar refractivity (Wildman–Crippen MR) is 48.3 cm³/mol. The van der Waals surface area contributed by atoms with Crippen LogP contribution >= 0.6 is 0 Å². The Morgan fingerprint density at radius 1 is 1.58 bits per heavy atom. The van der Waals surface area contributed by atoms with E-state index in [0.29, 0.717) is 12.6 Å². The summed E-state index contributed by atoms with van der Waals surface area (Å²) in [5.74, 6) is 0. The molecule has 72 valence electrons. The van der Waals surface area contributed by atoms with Crippen molar-refractivity contribution in [2.75, 3.05) is 33.4 Å². The average molecular weight is 173 g/mol. The zero-order chi connectivity index (χ0) is 8.97. The number of ether oxygens (including phenoxy) is 2. The first-order valence-electron chi connectivity index (χ1n) is 4.58. The van der Waals surface area contributed by atoms with Gasteiger partial charge in [-0.1, -0.05) is 0 Å². The summed E-state index contributed by atoms with van der Waals surface area (Å²) >= 11 is 0. The third-order valence-electron chi connectivity index (χ3n) is 2.25. The molecule has 0 aromatic carbocycles. The van der Waals surface area contributed by atoms with Gasteiger partial charge in [-0.3, -0.25) is 4.90 Å². The molecule has 0 aromatic heterocycles. The van der Waals surface area contributed by atoms with Gasteiger partial charge in [0.05, 0.1) is 19.3 Å². The summed E-state index contributed by atoms with van der Waals surface area (Å²) in [6, 6.07) is 0.619. The minimum Gasteiger partial charge on any atom is -0.382 e. The van der Waals surface area contributed by atoms with Crippen LogP contribution in [0.2, 0.25) is 0 Å². The zero-order valence-electron chi connectivity index (χ0n) is 8.25. The third kappa shape index (κ3) is 2.73. The summed E-state index contributed by atoms with van der Waals surface area (Å²) in [5, 5.41) is 0. The van der Waals surface area contributed by atoms with E-state index in [9.17, 15) is 0 Å². The molecule has 1 atom stereocenters. The van der Waals surface area contributed by atoms with Crippen molar-refractivity contribution in [1.29, 1.82) is 0 Å². The molecule has 0 unspecified atom stereocenters. The number of hydrogen-bond donors (Lipinski definition) is 0. The lowest BCUT2D eigenvalue weighted by Gasteiger charge is -2.35. The molecular formula is C9H19NO2. The van der Waals surface area contributed by atoms with Crippen LogP contribution in [-0.2, 0) is 9.47 Å². The van der Waals surface area contributed by atoms with Crippen molar-refractivity contribution in [3.63, 3.8) is 0 Å². The minimum atomic E-state index is 0.270. The van der Waals surface area contributed by atoms with Crippen LogP contribution in [0.25, 0.3) is 0 Å². The van der Waals surface area contributed by atoms with Crippen molar-refractivity contribution in [1.82, 2.24) is 4.90 Å². The lowest BCUT2D eigenvalue weighted by Crippen LogP contribution is -2.47. The fourth-order valence-electron chi connectivity index (χ4n) is 1.50. The van der Waals surface area contributed by atoms with E-state index < -0.39 is 0 Å². The molecule has 3 heteroatoms. The number of nitrogens with zero attached hydrogens (tertiary/aromatic N) is 1. The van der Waals surface area contributed by atoms with Gasteiger partial charge < -0.3 is 9.47 Å². The molecular weight excluding hydrogens is 154 g/mol. The van der Waals surface area contributed by atoms with E-state index in [2.05, 4.69) is 18.7 Å². The Balaban J connectivity index is 2.30. The Morgan fingerprint density at radius 2 is 2.33 bits per heavy atom. The van der Waals surface area contributed by atoms with Gasteiger partial charge in [0.15, 0.2) is 0 Å². The van der Waals surface area contributed by atoms with Crippen LogP contribution in [0.3, 0.4) is 0 Å².